The van der Waals surface area contributed by atoms with Crippen molar-refractivity contribution < 1.29 is 14.3 Å². The van der Waals surface area contributed by atoms with Gasteiger partial charge in [0, 0.05) is 17.6 Å². The molecule has 1 aliphatic carbocycles. The molecule has 4 rings (SSSR count). The third kappa shape index (κ3) is 6.12. The Labute approximate surface area is 230 Å². The van der Waals surface area contributed by atoms with Crippen molar-refractivity contribution in [1.82, 2.24) is 9.61 Å². The zero-order valence-corrected chi connectivity index (χ0v) is 23.8. The van der Waals surface area contributed by atoms with Gasteiger partial charge in [-0.05, 0) is 89.6 Å². The van der Waals surface area contributed by atoms with Crippen molar-refractivity contribution in [3.63, 3.8) is 0 Å². The number of nitrogens with two attached hydrogens (primary N) is 1. The van der Waals surface area contributed by atoms with Gasteiger partial charge in [-0.2, -0.15) is 10.4 Å². The van der Waals surface area contributed by atoms with Gasteiger partial charge in [0.25, 0.3) is 0 Å². The number of aromatic nitrogens is 2. The summed E-state index contributed by atoms with van der Waals surface area (Å²) in [6.45, 7) is 12.1. The summed E-state index contributed by atoms with van der Waals surface area (Å²) >= 11 is 0. The molecular weight excluding hydrogens is 492 g/mol. The number of ether oxygens (including phenoxy) is 2. The number of amides is 1. The molecule has 1 aliphatic rings. The maximum Gasteiger partial charge on any atom is 0.420 e. The van der Waals surface area contributed by atoms with Gasteiger partial charge in [0.1, 0.15) is 28.8 Å². The number of nitrogens with one attached hydrogen (secondary N) is 1. The van der Waals surface area contributed by atoms with Gasteiger partial charge in [-0.3, -0.25) is 0 Å². The second kappa shape index (κ2) is 11.5. The molecular formula is C30H40N6O3. The molecule has 0 saturated heterocycles. The second-order valence-corrected chi connectivity index (χ2v) is 11.4. The zero-order chi connectivity index (χ0) is 28.3. The summed E-state index contributed by atoms with van der Waals surface area (Å²) in [5.41, 5.74) is 8.72. The van der Waals surface area contributed by atoms with E-state index in [0.717, 1.165) is 36.9 Å². The summed E-state index contributed by atoms with van der Waals surface area (Å²) in [4.78, 5) is 15.5. The highest BCUT2D eigenvalue weighted by atomic mass is 16.6. The molecule has 0 atom stereocenters. The van der Waals surface area contributed by atoms with Crippen LogP contribution in [0.3, 0.4) is 0 Å². The maximum atomic E-state index is 13.9. The lowest BCUT2D eigenvalue weighted by atomic mass is 9.90. The Hall–Kier alpha value is -3.77. The SMILES string of the molecule is CCOc1ccc(N(C(=O)OC(C)(C)C)c2c(C(C)C)c(N[C@H]3CC[C@H](N)CC3)c(C#N)c3ccnn23)cc1. The third-order valence-electron chi connectivity index (χ3n) is 6.86. The van der Waals surface area contributed by atoms with Crippen LogP contribution in [0.1, 0.15) is 84.3 Å². The summed E-state index contributed by atoms with van der Waals surface area (Å²) in [7, 11) is 0. The van der Waals surface area contributed by atoms with Gasteiger partial charge in [0.05, 0.1) is 29.7 Å². The van der Waals surface area contributed by atoms with Crippen LogP contribution in [0.4, 0.5) is 22.0 Å². The van der Waals surface area contributed by atoms with Crippen molar-refractivity contribution in [2.24, 2.45) is 5.73 Å². The van der Waals surface area contributed by atoms with E-state index >= 15 is 0 Å². The number of hydrogen-bond donors (Lipinski definition) is 2. The molecule has 3 aromatic rings. The number of nitriles is 1. The lowest BCUT2D eigenvalue weighted by Crippen LogP contribution is -2.36. The number of carbonyl (C=O) groups excluding carboxylic acids is 1. The molecule has 1 saturated carbocycles. The predicted molar refractivity (Wildman–Crippen MR) is 154 cm³/mol. The Kier molecular flexibility index (Phi) is 8.36. The van der Waals surface area contributed by atoms with E-state index in [-0.39, 0.29) is 18.0 Å². The number of pyridine rings is 1. The summed E-state index contributed by atoms with van der Waals surface area (Å²) in [6, 6.07) is 11.9. The van der Waals surface area contributed by atoms with Crippen molar-refractivity contribution in [2.45, 2.75) is 90.8 Å². The van der Waals surface area contributed by atoms with E-state index in [9.17, 15) is 10.1 Å². The number of benzene rings is 1. The summed E-state index contributed by atoms with van der Waals surface area (Å²) < 4.78 is 13.2. The highest BCUT2D eigenvalue weighted by molar-refractivity contribution is 5.99. The smallest absolute Gasteiger partial charge is 0.420 e. The van der Waals surface area contributed by atoms with Crippen LogP contribution in [0.2, 0.25) is 0 Å². The molecule has 9 heteroatoms. The quantitative estimate of drug-likeness (QED) is 0.357. The molecule has 2 aromatic heterocycles. The molecule has 1 fully saturated rings. The first kappa shape index (κ1) is 28.2. The van der Waals surface area contributed by atoms with Gasteiger partial charge in [-0.15, -0.1) is 0 Å². The van der Waals surface area contributed by atoms with Crippen molar-refractivity contribution in [3.8, 4) is 11.8 Å². The van der Waals surface area contributed by atoms with E-state index < -0.39 is 11.7 Å². The Morgan fingerprint density at radius 1 is 1.21 bits per heavy atom. The minimum absolute atomic E-state index is 0.0540. The average Bonchev–Trinajstić information content (AvgIpc) is 3.35. The second-order valence-electron chi connectivity index (χ2n) is 11.4. The lowest BCUT2D eigenvalue weighted by Gasteiger charge is -2.33. The van der Waals surface area contributed by atoms with Crippen LogP contribution >= 0.6 is 0 Å². The molecule has 0 bridgehead atoms. The first-order valence-electron chi connectivity index (χ1n) is 13.8. The topological polar surface area (TPSA) is 118 Å². The van der Waals surface area contributed by atoms with Gasteiger partial charge in [0.2, 0.25) is 0 Å². The van der Waals surface area contributed by atoms with Gasteiger partial charge in [0.15, 0.2) is 0 Å². The largest absolute Gasteiger partial charge is 0.494 e. The molecule has 0 spiro atoms. The molecule has 0 aliphatic heterocycles. The summed E-state index contributed by atoms with van der Waals surface area (Å²) in [5.74, 6) is 1.19. The van der Waals surface area contributed by atoms with Crippen molar-refractivity contribution in [2.75, 3.05) is 16.8 Å². The van der Waals surface area contributed by atoms with E-state index in [0.29, 0.717) is 34.9 Å². The molecule has 39 heavy (non-hydrogen) atoms. The van der Waals surface area contributed by atoms with E-state index in [1.807, 2.05) is 52.0 Å². The number of rotatable bonds is 7. The van der Waals surface area contributed by atoms with Crippen LogP contribution in [0.5, 0.6) is 5.75 Å². The minimum atomic E-state index is -0.726. The van der Waals surface area contributed by atoms with Crippen LogP contribution in [-0.2, 0) is 4.74 Å². The van der Waals surface area contributed by atoms with Gasteiger partial charge in [-0.25, -0.2) is 14.2 Å². The van der Waals surface area contributed by atoms with Crippen molar-refractivity contribution >= 4 is 28.8 Å². The van der Waals surface area contributed by atoms with Gasteiger partial charge >= 0.3 is 6.09 Å². The molecule has 1 aromatic carbocycles. The van der Waals surface area contributed by atoms with Crippen LogP contribution in [0.15, 0.2) is 36.5 Å². The Balaban J connectivity index is 1.97. The monoisotopic (exact) mass is 532 g/mol. The maximum absolute atomic E-state index is 13.9. The van der Waals surface area contributed by atoms with E-state index in [1.165, 1.54) is 0 Å². The third-order valence-corrected chi connectivity index (χ3v) is 6.86. The molecule has 208 valence electrons. The van der Waals surface area contributed by atoms with Crippen LogP contribution < -0.4 is 20.7 Å². The number of carbonyl (C=O) groups is 1. The fraction of sp³-hybridized carbons (Fsp3) is 0.500. The molecule has 0 radical (unpaired) electrons. The highest BCUT2D eigenvalue weighted by Gasteiger charge is 2.34. The average molecular weight is 533 g/mol. The molecule has 2 heterocycles. The van der Waals surface area contributed by atoms with Crippen LogP contribution in [-0.4, -0.2) is 40.0 Å². The molecule has 1 amide bonds. The van der Waals surface area contributed by atoms with E-state index in [1.54, 1.807) is 21.7 Å². The van der Waals surface area contributed by atoms with Gasteiger partial charge in [-0.1, -0.05) is 13.8 Å². The standard InChI is InChI=1S/C30H40N6O3/c1-7-38-23-14-12-22(13-15-23)35(29(37)39-30(4,5)6)28-26(19(2)3)27(34-21-10-8-20(32)9-11-21)24(18-31)25-16-17-33-36(25)28/h12-17,19-21,34H,7-11,32H2,1-6H3/t20-,21-. The number of nitrogens with zero attached hydrogens (tertiary/aromatic N) is 4. The first-order chi connectivity index (χ1) is 18.5. The highest BCUT2D eigenvalue weighted by Crippen LogP contribution is 2.43. The van der Waals surface area contributed by atoms with Gasteiger partial charge < -0.3 is 20.5 Å². The number of hydrogen-bond acceptors (Lipinski definition) is 7. The molecule has 9 nitrogen and oxygen atoms in total. The summed E-state index contributed by atoms with van der Waals surface area (Å²) in [5, 5.41) is 18.6. The van der Waals surface area contributed by atoms with Crippen molar-refractivity contribution in [3.05, 3.63) is 47.7 Å². The van der Waals surface area contributed by atoms with E-state index in [2.05, 4.69) is 30.3 Å². The van der Waals surface area contributed by atoms with Crippen molar-refractivity contribution in [1.29, 1.82) is 5.26 Å². The Morgan fingerprint density at radius 2 is 1.87 bits per heavy atom. The van der Waals surface area contributed by atoms with Crippen LogP contribution in [0, 0.1) is 11.3 Å². The minimum Gasteiger partial charge on any atom is -0.494 e. The normalized spacial score (nSPS) is 17.6. The number of anilines is 3. The Morgan fingerprint density at radius 3 is 2.44 bits per heavy atom. The molecule has 0 unspecified atom stereocenters. The number of fused-ring (bicyclic) bond motifs is 1. The lowest BCUT2D eigenvalue weighted by molar-refractivity contribution is 0.0597. The predicted octanol–water partition coefficient (Wildman–Crippen LogP) is 6.48. The van der Waals surface area contributed by atoms with E-state index in [4.69, 9.17) is 15.2 Å². The fourth-order valence-electron chi connectivity index (χ4n) is 5.12. The zero-order valence-electron chi connectivity index (χ0n) is 23.8. The fourth-order valence-corrected chi connectivity index (χ4v) is 5.12. The Bertz CT molecular complexity index is 1340. The molecule has 3 N–H and O–H groups in total. The summed E-state index contributed by atoms with van der Waals surface area (Å²) in [6.07, 6.45) is 4.79. The first-order valence-corrected chi connectivity index (χ1v) is 13.8. The van der Waals surface area contributed by atoms with Crippen LogP contribution in [0.25, 0.3) is 5.52 Å².